The number of likely N-dealkylation sites (tertiary alicyclic amines) is 1. The first-order valence-electron chi connectivity index (χ1n) is 8.88. The molecule has 1 aliphatic rings. The van der Waals surface area contributed by atoms with Crippen molar-refractivity contribution in [3.63, 3.8) is 0 Å². The van der Waals surface area contributed by atoms with Gasteiger partial charge in [0.15, 0.2) is 0 Å². The molecule has 6 nitrogen and oxygen atoms in total. The highest BCUT2D eigenvalue weighted by Crippen LogP contribution is 2.32. The molecule has 1 saturated heterocycles. The molecule has 6 heteroatoms. The lowest BCUT2D eigenvalue weighted by Gasteiger charge is -2.35. The molecular weight excluding hydrogens is 326 g/mol. The molecule has 2 amide bonds. The average molecular weight is 347 g/mol. The van der Waals surface area contributed by atoms with Gasteiger partial charge < -0.3 is 10.2 Å². The zero-order valence-corrected chi connectivity index (χ0v) is 14.4. The molecule has 0 spiro atoms. The van der Waals surface area contributed by atoms with E-state index in [1.54, 1.807) is 18.6 Å². The Labute approximate surface area is 152 Å². The minimum absolute atomic E-state index is 0.0654. The molecule has 0 saturated carbocycles. The summed E-state index contributed by atoms with van der Waals surface area (Å²) in [6.07, 6.45) is 10.3. The Morgan fingerprint density at radius 2 is 2.00 bits per heavy atom. The number of amides is 2. The predicted octanol–water partition coefficient (Wildman–Crippen LogP) is 4.23. The summed E-state index contributed by atoms with van der Waals surface area (Å²) in [6, 6.07) is 11.7. The van der Waals surface area contributed by atoms with Crippen LogP contribution in [-0.2, 0) is 0 Å². The van der Waals surface area contributed by atoms with Crippen molar-refractivity contribution in [2.75, 3.05) is 11.9 Å². The van der Waals surface area contributed by atoms with Crippen LogP contribution in [0.3, 0.4) is 0 Å². The maximum Gasteiger partial charge on any atom is 0.322 e. The number of hydrogen-bond donors (Lipinski definition) is 2. The largest absolute Gasteiger partial charge is 0.322 e. The summed E-state index contributed by atoms with van der Waals surface area (Å²) in [5.74, 6) is 0. The van der Waals surface area contributed by atoms with E-state index >= 15 is 0 Å². The number of piperidine rings is 1. The molecule has 0 aliphatic carbocycles. The van der Waals surface area contributed by atoms with Crippen molar-refractivity contribution in [1.29, 1.82) is 0 Å². The maximum atomic E-state index is 13.0. The standard InChI is InChI=1S/C20H21N5O/c26-20(25-12-4-3-7-19(25)16-13-22-23-14-16)24-18-6-2-1-5-17(18)15-8-10-21-11-9-15/h1-2,5-6,8-11,13-14,19H,3-4,7,12H2,(H,22,23)(H,24,26). The molecule has 3 heterocycles. The van der Waals surface area contributed by atoms with Gasteiger partial charge in [0.05, 0.1) is 17.9 Å². The Morgan fingerprint density at radius 1 is 1.15 bits per heavy atom. The monoisotopic (exact) mass is 347 g/mol. The van der Waals surface area contributed by atoms with Gasteiger partial charge in [0.2, 0.25) is 0 Å². The van der Waals surface area contributed by atoms with Crippen molar-refractivity contribution in [3.05, 3.63) is 66.7 Å². The van der Waals surface area contributed by atoms with Crippen LogP contribution < -0.4 is 5.32 Å². The number of para-hydroxylation sites is 1. The number of nitrogens with zero attached hydrogens (tertiary/aromatic N) is 3. The van der Waals surface area contributed by atoms with Gasteiger partial charge in [-0.25, -0.2) is 4.79 Å². The van der Waals surface area contributed by atoms with E-state index in [2.05, 4.69) is 20.5 Å². The Bertz CT molecular complexity index is 863. The molecule has 1 fully saturated rings. The second-order valence-corrected chi connectivity index (χ2v) is 6.45. The van der Waals surface area contributed by atoms with Crippen molar-refractivity contribution in [2.24, 2.45) is 0 Å². The summed E-state index contributed by atoms with van der Waals surface area (Å²) >= 11 is 0. The van der Waals surface area contributed by atoms with Gasteiger partial charge in [-0.15, -0.1) is 0 Å². The van der Waals surface area contributed by atoms with Gasteiger partial charge in [-0.2, -0.15) is 5.10 Å². The fourth-order valence-electron chi connectivity index (χ4n) is 3.53. The number of H-pyrrole nitrogens is 1. The molecule has 2 aromatic heterocycles. The lowest BCUT2D eigenvalue weighted by molar-refractivity contribution is 0.163. The summed E-state index contributed by atoms with van der Waals surface area (Å²) in [6.45, 7) is 0.749. The van der Waals surface area contributed by atoms with E-state index in [-0.39, 0.29) is 12.1 Å². The van der Waals surface area contributed by atoms with Gasteiger partial charge in [-0.05, 0) is 43.0 Å². The quantitative estimate of drug-likeness (QED) is 0.744. The van der Waals surface area contributed by atoms with Crippen LogP contribution in [0, 0.1) is 0 Å². The van der Waals surface area contributed by atoms with Crippen LogP contribution >= 0.6 is 0 Å². The maximum absolute atomic E-state index is 13.0. The van der Waals surface area contributed by atoms with Crippen LogP contribution in [0.5, 0.6) is 0 Å². The number of carbonyl (C=O) groups excluding carboxylic acids is 1. The first kappa shape index (κ1) is 16.3. The number of nitrogens with one attached hydrogen (secondary N) is 2. The number of benzene rings is 1. The molecule has 1 unspecified atom stereocenters. The van der Waals surface area contributed by atoms with E-state index in [0.717, 1.165) is 48.2 Å². The van der Waals surface area contributed by atoms with Gasteiger partial charge in [0.25, 0.3) is 0 Å². The summed E-state index contributed by atoms with van der Waals surface area (Å²) in [7, 11) is 0. The fourth-order valence-corrected chi connectivity index (χ4v) is 3.53. The third-order valence-corrected chi connectivity index (χ3v) is 4.83. The zero-order valence-electron chi connectivity index (χ0n) is 14.4. The van der Waals surface area contributed by atoms with Gasteiger partial charge in [0.1, 0.15) is 0 Å². The molecular formula is C20H21N5O. The SMILES string of the molecule is O=C(Nc1ccccc1-c1ccncc1)N1CCCCC1c1cn[nH]c1. The number of aromatic amines is 1. The number of anilines is 1. The highest BCUT2D eigenvalue weighted by Gasteiger charge is 2.29. The van der Waals surface area contributed by atoms with Crippen LogP contribution in [0.25, 0.3) is 11.1 Å². The minimum Gasteiger partial charge on any atom is -0.317 e. The third kappa shape index (κ3) is 3.31. The molecule has 132 valence electrons. The fraction of sp³-hybridized carbons (Fsp3) is 0.250. The van der Waals surface area contributed by atoms with E-state index in [1.165, 1.54) is 0 Å². The number of hydrogen-bond acceptors (Lipinski definition) is 3. The summed E-state index contributed by atoms with van der Waals surface area (Å²) in [5, 5.41) is 10.00. The molecule has 1 aromatic carbocycles. The topological polar surface area (TPSA) is 73.9 Å². The van der Waals surface area contributed by atoms with Crippen molar-refractivity contribution in [2.45, 2.75) is 25.3 Å². The van der Waals surface area contributed by atoms with E-state index in [9.17, 15) is 4.79 Å². The molecule has 4 rings (SSSR count). The molecule has 2 N–H and O–H groups in total. The van der Waals surface area contributed by atoms with Crippen molar-refractivity contribution < 1.29 is 4.79 Å². The van der Waals surface area contributed by atoms with Crippen LogP contribution in [0.4, 0.5) is 10.5 Å². The Morgan fingerprint density at radius 3 is 2.81 bits per heavy atom. The summed E-state index contributed by atoms with van der Waals surface area (Å²) < 4.78 is 0. The van der Waals surface area contributed by atoms with Crippen LogP contribution in [0.2, 0.25) is 0 Å². The normalized spacial score (nSPS) is 17.1. The highest BCUT2D eigenvalue weighted by molar-refractivity contribution is 5.94. The van der Waals surface area contributed by atoms with E-state index < -0.39 is 0 Å². The number of pyridine rings is 1. The molecule has 1 atom stereocenters. The smallest absolute Gasteiger partial charge is 0.317 e. The van der Waals surface area contributed by atoms with E-state index in [1.807, 2.05) is 47.5 Å². The van der Waals surface area contributed by atoms with Crippen LogP contribution in [0.15, 0.2) is 61.2 Å². The van der Waals surface area contributed by atoms with Crippen LogP contribution in [0.1, 0.15) is 30.9 Å². The number of rotatable bonds is 3. The zero-order chi connectivity index (χ0) is 17.8. The first-order chi connectivity index (χ1) is 12.8. The van der Waals surface area contributed by atoms with E-state index in [4.69, 9.17) is 0 Å². The molecule has 3 aromatic rings. The van der Waals surface area contributed by atoms with Crippen molar-refractivity contribution >= 4 is 11.7 Å². The summed E-state index contributed by atoms with van der Waals surface area (Å²) in [4.78, 5) is 19.0. The Hall–Kier alpha value is -3.15. The Kier molecular flexibility index (Phi) is 4.64. The molecule has 1 aliphatic heterocycles. The van der Waals surface area contributed by atoms with Crippen LogP contribution in [-0.4, -0.2) is 32.7 Å². The van der Waals surface area contributed by atoms with Gasteiger partial charge in [-0.3, -0.25) is 10.1 Å². The predicted molar refractivity (Wildman–Crippen MR) is 101 cm³/mol. The number of urea groups is 1. The number of carbonyl (C=O) groups is 1. The van der Waals surface area contributed by atoms with Gasteiger partial charge in [-0.1, -0.05) is 18.2 Å². The highest BCUT2D eigenvalue weighted by atomic mass is 16.2. The van der Waals surface area contributed by atoms with Crippen molar-refractivity contribution in [3.8, 4) is 11.1 Å². The lowest BCUT2D eigenvalue weighted by Crippen LogP contribution is -2.41. The summed E-state index contributed by atoms with van der Waals surface area (Å²) in [5.41, 5.74) is 3.88. The minimum atomic E-state index is -0.0718. The molecule has 26 heavy (non-hydrogen) atoms. The van der Waals surface area contributed by atoms with Crippen molar-refractivity contribution in [1.82, 2.24) is 20.1 Å². The lowest BCUT2D eigenvalue weighted by atomic mass is 9.98. The first-order valence-corrected chi connectivity index (χ1v) is 8.88. The second-order valence-electron chi connectivity index (χ2n) is 6.45. The average Bonchev–Trinajstić information content (AvgIpc) is 3.24. The van der Waals surface area contributed by atoms with E-state index in [0.29, 0.717) is 0 Å². The van der Waals surface area contributed by atoms with Gasteiger partial charge in [0, 0.05) is 36.3 Å². The molecule has 0 bridgehead atoms. The number of aromatic nitrogens is 3. The Balaban J connectivity index is 1.58. The molecule has 0 radical (unpaired) electrons. The second kappa shape index (κ2) is 7.39. The third-order valence-electron chi connectivity index (χ3n) is 4.83. The van der Waals surface area contributed by atoms with Gasteiger partial charge >= 0.3 is 6.03 Å².